The monoisotopic (exact) mass is 362 g/mol. The van der Waals surface area contributed by atoms with Crippen molar-refractivity contribution >= 4 is 34.5 Å². The van der Waals surface area contributed by atoms with Crippen molar-refractivity contribution in [2.45, 2.75) is 0 Å². The topological polar surface area (TPSA) is 88.9 Å². The Morgan fingerprint density at radius 2 is 1.81 bits per heavy atom. The van der Waals surface area contributed by atoms with Crippen LogP contribution in [0.1, 0.15) is 5.56 Å². The predicted octanol–water partition coefficient (Wildman–Crippen LogP) is 2.26. The van der Waals surface area contributed by atoms with Crippen LogP contribution in [0.3, 0.4) is 0 Å². The minimum absolute atomic E-state index is 0.101. The third-order valence-corrected chi connectivity index (χ3v) is 4.22. The van der Waals surface area contributed by atoms with Crippen molar-refractivity contribution in [2.24, 2.45) is 0 Å². The summed E-state index contributed by atoms with van der Waals surface area (Å²) in [6.07, 6.45) is 2.46. The SMILES string of the molecule is COc1cccc2c(=O)c(/C=C3/C(=O)NN(c4ccccc4)C3=O)coc12. The van der Waals surface area contributed by atoms with E-state index in [1.807, 2.05) is 0 Å². The Bertz CT molecular complexity index is 1150. The van der Waals surface area contributed by atoms with Crippen LogP contribution in [0.15, 0.2) is 69.6 Å². The van der Waals surface area contributed by atoms with E-state index in [0.29, 0.717) is 22.4 Å². The van der Waals surface area contributed by atoms with Crippen molar-refractivity contribution in [1.82, 2.24) is 5.43 Å². The molecule has 0 spiro atoms. The van der Waals surface area contributed by atoms with Gasteiger partial charge in [-0.2, -0.15) is 0 Å². The molecule has 4 rings (SSSR count). The first-order valence-corrected chi connectivity index (χ1v) is 8.11. The molecule has 3 aromatic rings. The fourth-order valence-electron chi connectivity index (χ4n) is 2.88. The molecule has 0 saturated carbocycles. The van der Waals surface area contributed by atoms with E-state index >= 15 is 0 Å². The maximum absolute atomic E-state index is 12.7. The van der Waals surface area contributed by atoms with Gasteiger partial charge in [0.25, 0.3) is 11.8 Å². The zero-order valence-corrected chi connectivity index (χ0v) is 14.3. The summed E-state index contributed by atoms with van der Waals surface area (Å²) in [6, 6.07) is 13.6. The highest BCUT2D eigenvalue weighted by molar-refractivity contribution is 6.31. The summed E-state index contributed by atoms with van der Waals surface area (Å²) in [6.45, 7) is 0. The number of hydrogen-bond donors (Lipinski definition) is 1. The number of benzene rings is 2. The molecule has 2 amide bonds. The number of methoxy groups -OCH3 is 1. The van der Waals surface area contributed by atoms with Gasteiger partial charge >= 0.3 is 0 Å². The average molecular weight is 362 g/mol. The minimum Gasteiger partial charge on any atom is -0.493 e. The summed E-state index contributed by atoms with van der Waals surface area (Å²) < 4.78 is 10.7. The zero-order valence-electron chi connectivity index (χ0n) is 14.3. The molecule has 0 unspecified atom stereocenters. The molecule has 1 aliphatic rings. The Balaban J connectivity index is 1.78. The molecule has 0 aliphatic carbocycles. The molecule has 1 N–H and O–H groups in total. The van der Waals surface area contributed by atoms with Gasteiger partial charge in [0.1, 0.15) is 11.8 Å². The minimum atomic E-state index is -0.589. The smallest absolute Gasteiger partial charge is 0.282 e. The summed E-state index contributed by atoms with van der Waals surface area (Å²) in [4.78, 5) is 37.6. The molecule has 1 fully saturated rings. The zero-order chi connectivity index (χ0) is 19.0. The highest BCUT2D eigenvalue weighted by Gasteiger charge is 2.34. The molecule has 0 radical (unpaired) electrons. The summed E-state index contributed by atoms with van der Waals surface area (Å²) >= 11 is 0. The van der Waals surface area contributed by atoms with Crippen LogP contribution < -0.4 is 20.6 Å². The van der Waals surface area contributed by atoms with Gasteiger partial charge in [-0.25, -0.2) is 5.01 Å². The van der Waals surface area contributed by atoms with Gasteiger partial charge < -0.3 is 9.15 Å². The van der Waals surface area contributed by atoms with Gasteiger partial charge in [-0.3, -0.25) is 19.8 Å². The third kappa shape index (κ3) is 2.75. The van der Waals surface area contributed by atoms with Crippen LogP contribution in [0, 0.1) is 0 Å². The second kappa shape index (κ2) is 6.45. The summed E-state index contributed by atoms with van der Waals surface area (Å²) in [5.41, 5.74) is 2.91. The van der Waals surface area contributed by atoms with Gasteiger partial charge in [0.2, 0.25) is 0 Å². The van der Waals surface area contributed by atoms with E-state index < -0.39 is 11.8 Å². The van der Waals surface area contributed by atoms with E-state index in [1.54, 1.807) is 48.5 Å². The Kier molecular flexibility index (Phi) is 3.97. The maximum Gasteiger partial charge on any atom is 0.282 e. The summed E-state index contributed by atoms with van der Waals surface area (Å²) in [5.74, 6) is -0.709. The number of hydrogen-bond acceptors (Lipinski definition) is 5. The fraction of sp³-hybridized carbons (Fsp3) is 0.0500. The number of carbonyl (C=O) groups is 2. The third-order valence-electron chi connectivity index (χ3n) is 4.22. The van der Waals surface area contributed by atoms with E-state index in [2.05, 4.69) is 5.43 Å². The molecule has 2 heterocycles. The number of amides is 2. The van der Waals surface area contributed by atoms with Crippen molar-refractivity contribution in [1.29, 1.82) is 0 Å². The first-order valence-electron chi connectivity index (χ1n) is 8.11. The number of ether oxygens (including phenoxy) is 1. The van der Waals surface area contributed by atoms with Crippen molar-refractivity contribution in [3.05, 3.63) is 76.2 Å². The Morgan fingerprint density at radius 1 is 1.04 bits per heavy atom. The van der Waals surface area contributed by atoms with Gasteiger partial charge in [-0.1, -0.05) is 24.3 Å². The molecule has 1 aliphatic heterocycles. The molecule has 0 bridgehead atoms. The van der Waals surface area contributed by atoms with Gasteiger partial charge in [-0.15, -0.1) is 0 Å². The predicted molar refractivity (Wildman–Crippen MR) is 99.1 cm³/mol. The Labute approximate surface area is 153 Å². The molecular formula is C20H14N2O5. The standard InChI is InChI=1S/C20H14N2O5/c1-26-16-9-5-8-14-17(23)12(11-27-18(14)16)10-15-19(24)21-22(20(15)25)13-6-3-2-4-7-13/h2-11H,1H3,(H,21,24)/b15-10-. The summed E-state index contributed by atoms with van der Waals surface area (Å²) in [7, 11) is 1.48. The Hall–Kier alpha value is -3.87. The first kappa shape index (κ1) is 16.6. The van der Waals surface area contributed by atoms with Crippen molar-refractivity contribution in [2.75, 3.05) is 12.1 Å². The molecule has 0 atom stereocenters. The maximum atomic E-state index is 12.7. The van der Waals surface area contributed by atoms with Crippen LogP contribution in [-0.4, -0.2) is 18.9 Å². The number of fused-ring (bicyclic) bond motifs is 1. The molecule has 2 aromatic carbocycles. The largest absolute Gasteiger partial charge is 0.493 e. The first-order chi connectivity index (χ1) is 13.1. The number of para-hydroxylation sites is 2. The normalized spacial score (nSPS) is 15.4. The van der Waals surface area contributed by atoms with Crippen molar-refractivity contribution in [3.63, 3.8) is 0 Å². The fourth-order valence-corrected chi connectivity index (χ4v) is 2.88. The van der Waals surface area contributed by atoms with Crippen LogP contribution in [0.2, 0.25) is 0 Å². The Morgan fingerprint density at radius 3 is 2.56 bits per heavy atom. The van der Waals surface area contributed by atoms with E-state index in [1.165, 1.54) is 19.4 Å². The lowest BCUT2D eigenvalue weighted by Gasteiger charge is -2.13. The number of nitrogens with one attached hydrogen (secondary N) is 1. The number of hydrazine groups is 1. The lowest BCUT2D eigenvalue weighted by atomic mass is 10.1. The van der Waals surface area contributed by atoms with Gasteiger partial charge in [0.15, 0.2) is 16.8 Å². The number of anilines is 1. The average Bonchev–Trinajstić information content (AvgIpc) is 2.98. The number of rotatable bonds is 3. The second-order valence-corrected chi connectivity index (χ2v) is 5.83. The van der Waals surface area contributed by atoms with Crippen LogP contribution in [0.4, 0.5) is 5.69 Å². The van der Waals surface area contributed by atoms with Crippen LogP contribution >= 0.6 is 0 Å². The molecular weight excluding hydrogens is 348 g/mol. The van der Waals surface area contributed by atoms with Crippen LogP contribution in [0.5, 0.6) is 5.75 Å². The number of nitrogens with zero attached hydrogens (tertiary/aromatic N) is 1. The molecule has 7 nitrogen and oxygen atoms in total. The van der Waals surface area contributed by atoms with Crippen LogP contribution in [0.25, 0.3) is 17.0 Å². The molecule has 7 heteroatoms. The van der Waals surface area contributed by atoms with Gasteiger partial charge in [0, 0.05) is 0 Å². The molecule has 1 aromatic heterocycles. The summed E-state index contributed by atoms with van der Waals surface area (Å²) in [5, 5.41) is 1.44. The molecule has 134 valence electrons. The quantitative estimate of drug-likeness (QED) is 0.570. The van der Waals surface area contributed by atoms with Gasteiger partial charge in [-0.05, 0) is 30.3 Å². The van der Waals surface area contributed by atoms with Crippen molar-refractivity contribution in [3.8, 4) is 5.75 Å². The van der Waals surface area contributed by atoms with E-state index in [4.69, 9.17) is 9.15 Å². The second-order valence-electron chi connectivity index (χ2n) is 5.83. The molecule has 27 heavy (non-hydrogen) atoms. The van der Waals surface area contributed by atoms with Gasteiger partial charge in [0.05, 0.1) is 23.7 Å². The van der Waals surface area contributed by atoms with E-state index in [9.17, 15) is 14.4 Å². The van der Waals surface area contributed by atoms with Crippen molar-refractivity contribution < 1.29 is 18.7 Å². The van der Waals surface area contributed by atoms with E-state index in [-0.39, 0.29) is 16.6 Å². The number of carbonyl (C=O) groups excluding carboxylic acids is 2. The lowest BCUT2D eigenvalue weighted by Crippen LogP contribution is -2.35. The molecule has 1 saturated heterocycles. The highest BCUT2D eigenvalue weighted by atomic mass is 16.5. The van der Waals surface area contributed by atoms with Crippen LogP contribution in [-0.2, 0) is 9.59 Å². The van der Waals surface area contributed by atoms with E-state index in [0.717, 1.165) is 5.01 Å². The lowest BCUT2D eigenvalue weighted by molar-refractivity contribution is -0.117. The highest BCUT2D eigenvalue weighted by Crippen LogP contribution is 2.25.